The molecular formula is C15H24N2O5S. The molecule has 0 spiro atoms. The molecule has 0 atom stereocenters. The van der Waals surface area contributed by atoms with E-state index in [1.165, 1.54) is 33.4 Å². The van der Waals surface area contributed by atoms with Crippen molar-refractivity contribution in [2.24, 2.45) is 5.92 Å². The number of hydrogen-bond donors (Lipinski definition) is 1. The monoisotopic (exact) mass is 344 g/mol. The van der Waals surface area contributed by atoms with Gasteiger partial charge in [-0.1, -0.05) is 13.8 Å². The lowest BCUT2D eigenvalue weighted by molar-refractivity contribution is 0.0949. The maximum Gasteiger partial charge on any atom is 0.253 e. The summed E-state index contributed by atoms with van der Waals surface area (Å²) in [5, 5.41) is 2.78. The van der Waals surface area contributed by atoms with E-state index in [9.17, 15) is 13.2 Å². The Hall–Kier alpha value is -1.96. The summed E-state index contributed by atoms with van der Waals surface area (Å²) >= 11 is 0. The van der Waals surface area contributed by atoms with Gasteiger partial charge in [-0.3, -0.25) is 9.10 Å². The third-order valence-electron chi connectivity index (χ3n) is 3.25. The molecule has 23 heavy (non-hydrogen) atoms. The van der Waals surface area contributed by atoms with E-state index in [2.05, 4.69) is 5.32 Å². The van der Waals surface area contributed by atoms with Gasteiger partial charge in [0.1, 0.15) is 0 Å². The molecule has 0 aliphatic rings. The molecule has 1 rings (SSSR count). The van der Waals surface area contributed by atoms with E-state index < -0.39 is 10.0 Å². The fourth-order valence-corrected chi connectivity index (χ4v) is 2.39. The van der Waals surface area contributed by atoms with E-state index in [1.54, 1.807) is 0 Å². The van der Waals surface area contributed by atoms with Crippen LogP contribution in [0, 0.1) is 5.92 Å². The van der Waals surface area contributed by atoms with Crippen LogP contribution in [0.3, 0.4) is 0 Å². The number of ether oxygens (including phenoxy) is 2. The summed E-state index contributed by atoms with van der Waals surface area (Å²) in [6, 6.07) is 2.95. The van der Waals surface area contributed by atoms with Crippen molar-refractivity contribution in [2.45, 2.75) is 13.8 Å². The first-order chi connectivity index (χ1) is 10.6. The Morgan fingerprint density at radius 3 is 2.17 bits per heavy atom. The smallest absolute Gasteiger partial charge is 0.253 e. The quantitative estimate of drug-likeness (QED) is 0.810. The maximum atomic E-state index is 12.4. The SMILES string of the molecule is COc1cc(C(=O)NCC(C)C)c(N(C)S(C)(=O)=O)cc1OC. The molecule has 0 aromatic heterocycles. The number of nitrogens with one attached hydrogen (secondary N) is 1. The topological polar surface area (TPSA) is 84.9 Å². The number of amides is 1. The third kappa shape index (κ3) is 4.75. The standard InChI is InChI=1S/C15H24N2O5S/c1-10(2)9-16-15(18)11-7-13(21-4)14(22-5)8-12(11)17(3)23(6,19)20/h7-8,10H,9H2,1-6H3,(H,16,18). The van der Waals surface area contributed by atoms with Gasteiger partial charge in [-0.15, -0.1) is 0 Å². The van der Waals surface area contributed by atoms with Gasteiger partial charge in [-0.25, -0.2) is 8.42 Å². The van der Waals surface area contributed by atoms with Gasteiger partial charge in [-0.2, -0.15) is 0 Å². The first kappa shape index (κ1) is 19.1. The van der Waals surface area contributed by atoms with Gasteiger partial charge in [-0.05, 0) is 12.0 Å². The molecule has 0 heterocycles. The Morgan fingerprint density at radius 1 is 1.22 bits per heavy atom. The normalized spacial score (nSPS) is 11.3. The van der Waals surface area contributed by atoms with Crippen LogP contribution in [0.1, 0.15) is 24.2 Å². The molecule has 0 bridgehead atoms. The van der Waals surface area contributed by atoms with Crippen molar-refractivity contribution in [2.75, 3.05) is 38.4 Å². The second-order valence-corrected chi connectivity index (χ2v) is 7.57. The largest absolute Gasteiger partial charge is 0.493 e. The van der Waals surface area contributed by atoms with E-state index in [0.717, 1.165) is 10.6 Å². The first-order valence-corrected chi connectivity index (χ1v) is 8.94. The highest BCUT2D eigenvalue weighted by Gasteiger charge is 2.23. The second-order valence-electron chi connectivity index (χ2n) is 5.56. The Labute approximate surface area is 137 Å². The average molecular weight is 344 g/mol. The molecule has 0 radical (unpaired) electrons. The molecule has 0 unspecified atom stereocenters. The van der Waals surface area contributed by atoms with Crippen LogP contribution >= 0.6 is 0 Å². The fraction of sp³-hybridized carbons (Fsp3) is 0.533. The number of sulfonamides is 1. The van der Waals surface area contributed by atoms with Crippen molar-refractivity contribution < 1.29 is 22.7 Å². The minimum absolute atomic E-state index is 0.205. The highest BCUT2D eigenvalue weighted by atomic mass is 32.2. The van der Waals surface area contributed by atoms with Crippen LogP contribution < -0.4 is 19.1 Å². The summed E-state index contributed by atoms with van der Waals surface area (Å²) in [5.74, 6) is 0.603. The molecule has 0 saturated heterocycles. The second kappa shape index (κ2) is 7.54. The molecule has 8 heteroatoms. The average Bonchev–Trinajstić information content (AvgIpc) is 2.49. The van der Waals surface area contributed by atoms with Crippen molar-refractivity contribution in [1.29, 1.82) is 0 Å². The van der Waals surface area contributed by atoms with Crippen molar-refractivity contribution >= 4 is 21.6 Å². The lowest BCUT2D eigenvalue weighted by atomic mass is 10.1. The highest BCUT2D eigenvalue weighted by Crippen LogP contribution is 2.35. The Bertz CT molecular complexity index is 671. The third-order valence-corrected chi connectivity index (χ3v) is 4.45. The highest BCUT2D eigenvalue weighted by molar-refractivity contribution is 7.92. The maximum absolute atomic E-state index is 12.4. The van der Waals surface area contributed by atoms with Gasteiger partial charge < -0.3 is 14.8 Å². The molecule has 1 amide bonds. The first-order valence-electron chi connectivity index (χ1n) is 7.10. The molecule has 1 aromatic carbocycles. The predicted octanol–water partition coefficient (Wildman–Crippen LogP) is 1.49. The van der Waals surface area contributed by atoms with E-state index in [0.29, 0.717) is 18.0 Å². The van der Waals surface area contributed by atoms with Crippen LogP contribution in [-0.4, -0.2) is 48.4 Å². The zero-order valence-corrected chi connectivity index (χ0v) is 15.2. The van der Waals surface area contributed by atoms with Crippen LogP contribution in [-0.2, 0) is 10.0 Å². The lowest BCUT2D eigenvalue weighted by Gasteiger charge is -2.22. The van der Waals surface area contributed by atoms with E-state index in [-0.39, 0.29) is 23.1 Å². The number of rotatable bonds is 7. The molecule has 1 N–H and O–H groups in total. The van der Waals surface area contributed by atoms with Crippen LogP contribution in [0.15, 0.2) is 12.1 Å². The minimum Gasteiger partial charge on any atom is -0.493 e. The van der Waals surface area contributed by atoms with Gasteiger partial charge in [0.15, 0.2) is 11.5 Å². The molecule has 7 nitrogen and oxygen atoms in total. The van der Waals surface area contributed by atoms with Crippen LogP contribution in [0.4, 0.5) is 5.69 Å². The van der Waals surface area contributed by atoms with E-state index in [1.807, 2.05) is 13.8 Å². The van der Waals surface area contributed by atoms with Gasteiger partial charge in [0.25, 0.3) is 5.91 Å². The zero-order valence-electron chi connectivity index (χ0n) is 14.3. The molecular weight excluding hydrogens is 320 g/mol. The number of methoxy groups -OCH3 is 2. The van der Waals surface area contributed by atoms with Gasteiger partial charge in [0, 0.05) is 19.7 Å². The molecule has 130 valence electrons. The number of benzene rings is 1. The number of anilines is 1. The molecule has 0 aliphatic carbocycles. The molecule has 0 fully saturated rings. The molecule has 0 aliphatic heterocycles. The Morgan fingerprint density at radius 2 is 1.74 bits per heavy atom. The van der Waals surface area contributed by atoms with E-state index >= 15 is 0 Å². The van der Waals surface area contributed by atoms with Gasteiger partial charge in [0.2, 0.25) is 10.0 Å². The van der Waals surface area contributed by atoms with Gasteiger partial charge in [0.05, 0.1) is 31.7 Å². The predicted molar refractivity (Wildman–Crippen MR) is 90.0 cm³/mol. The number of carbonyl (C=O) groups excluding carboxylic acids is 1. The lowest BCUT2D eigenvalue weighted by Crippen LogP contribution is -2.31. The Kier molecular flexibility index (Phi) is 6.26. The van der Waals surface area contributed by atoms with Crippen LogP contribution in [0.25, 0.3) is 0 Å². The summed E-state index contributed by atoms with van der Waals surface area (Å²) < 4.78 is 35.1. The van der Waals surface area contributed by atoms with Crippen molar-refractivity contribution in [3.63, 3.8) is 0 Å². The van der Waals surface area contributed by atoms with Crippen molar-refractivity contribution in [3.8, 4) is 11.5 Å². The summed E-state index contributed by atoms with van der Waals surface area (Å²) in [6.45, 7) is 4.42. The van der Waals surface area contributed by atoms with E-state index in [4.69, 9.17) is 9.47 Å². The summed E-state index contributed by atoms with van der Waals surface area (Å²) in [7, 11) is 0.751. The Balaban J connectivity index is 3.42. The zero-order chi connectivity index (χ0) is 17.8. The van der Waals surface area contributed by atoms with Gasteiger partial charge >= 0.3 is 0 Å². The number of carbonyl (C=O) groups is 1. The number of nitrogens with zero attached hydrogens (tertiary/aromatic N) is 1. The summed E-state index contributed by atoms with van der Waals surface area (Å²) in [5.41, 5.74) is 0.433. The molecule has 1 aromatic rings. The fourth-order valence-electron chi connectivity index (χ4n) is 1.88. The van der Waals surface area contributed by atoms with Crippen LogP contribution in [0.5, 0.6) is 11.5 Å². The van der Waals surface area contributed by atoms with Crippen molar-refractivity contribution in [1.82, 2.24) is 5.32 Å². The summed E-state index contributed by atoms with van der Waals surface area (Å²) in [6.07, 6.45) is 1.07. The van der Waals surface area contributed by atoms with Crippen LogP contribution in [0.2, 0.25) is 0 Å². The van der Waals surface area contributed by atoms with Crippen molar-refractivity contribution in [3.05, 3.63) is 17.7 Å². The summed E-state index contributed by atoms with van der Waals surface area (Å²) in [4.78, 5) is 12.4. The minimum atomic E-state index is -3.53. The number of hydrogen-bond acceptors (Lipinski definition) is 5. The molecule has 0 saturated carbocycles.